The maximum absolute atomic E-state index is 13.3. The number of nitrogens with two attached hydrogens (primary N) is 1. The molecule has 0 spiro atoms. The molecule has 6 heteroatoms. The first-order chi connectivity index (χ1) is 17.7. The van der Waals surface area contributed by atoms with Crippen LogP contribution in [0.5, 0.6) is 11.5 Å². The van der Waals surface area contributed by atoms with Crippen molar-refractivity contribution in [1.82, 2.24) is 4.90 Å². The van der Waals surface area contributed by atoms with Crippen LogP contribution in [0.15, 0.2) is 12.1 Å². The van der Waals surface area contributed by atoms with E-state index in [0.717, 1.165) is 5.56 Å². The highest BCUT2D eigenvalue weighted by Gasteiger charge is 2.41. The maximum atomic E-state index is 13.3. The summed E-state index contributed by atoms with van der Waals surface area (Å²) in [4.78, 5) is 15.3. The third kappa shape index (κ3) is 4.75. The maximum Gasteiger partial charge on any atom is 0.323 e. The summed E-state index contributed by atoms with van der Waals surface area (Å²) in [5.41, 5.74) is 7.29. The van der Waals surface area contributed by atoms with Crippen LogP contribution < -0.4 is 15.2 Å². The van der Waals surface area contributed by atoms with Crippen molar-refractivity contribution in [2.45, 2.75) is 65.0 Å². The molecule has 168 valence electrons. The van der Waals surface area contributed by atoms with E-state index in [1.807, 2.05) is 24.8 Å². The summed E-state index contributed by atoms with van der Waals surface area (Å²) in [6.07, 6.45) is 0.218. The molecule has 6 nitrogen and oxygen atoms in total. The van der Waals surface area contributed by atoms with Crippen molar-refractivity contribution < 1.29 is 31.3 Å². The summed E-state index contributed by atoms with van der Waals surface area (Å²) in [6, 6.07) is -1.26. The third-order valence-electron chi connectivity index (χ3n) is 5.85. The molecule has 0 bridgehead atoms. The molecular weight excluding hydrogens is 380 g/mol. The molecule has 2 aliphatic heterocycles. The Hall–Kier alpha value is -1.79. The van der Waals surface area contributed by atoms with Crippen LogP contribution in [-0.4, -0.2) is 50.3 Å². The number of methoxy groups -OCH3 is 2. The van der Waals surface area contributed by atoms with Gasteiger partial charge in [0.1, 0.15) is 12.1 Å². The number of carbonyl (C=O) groups is 1. The summed E-state index contributed by atoms with van der Waals surface area (Å²) in [6.45, 7) is -2.28. The van der Waals surface area contributed by atoms with Gasteiger partial charge in [0.15, 0.2) is 11.5 Å². The van der Waals surface area contributed by atoms with Crippen molar-refractivity contribution in [2.24, 2.45) is 23.5 Å². The minimum Gasteiger partial charge on any atom is -0.493 e. The van der Waals surface area contributed by atoms with E-state index in [0.29, 0.717) is 43.0 Å². The van der Waals surface area contributed by atoms with Gasteiger partial charge < -0.3 is 19.9 Å². The second-order valence-corrected chi connectivity index (χ2v) is 8.33. The molecule has 3 rings (SSSR count). The van der Waals surface area contributed by atoms with Gasteiger partial charge in [-0.1, -0.05) is 27.6 Å². The normalized spacial score (nSPS) is 34.0. The SMILES string of the molecule is [2H]C12CC(OC(=O)[C@@]([2H])(N)C([2H])(C([2H])([2H])[2H])C([2H])([2H])[2H])C(CC(C)C)CN1CCc1cc(OC)c(OC)cc12. The molecule has 0 aliphatic carbocycles. The second kappa shape index (κ2) is 9.56. The molecule has 1 fully saturated rings. The van der Waals surface area contributed by atoms with Crippen molar-refractivity contribution in [3.05, 3.63) is 23.3 Å². The van der Waals surface area contributed by atoms with E-state index < -0.39 is 43.7 Å². The molecule has 3 unspecified atom stereocenters. The average Bonchev–Trinajstić information content (AvgIpc) is 2.81. The van der Waals surface area contributed by atoms with Crippen molar-refractivity contribution in [1.29, 1.82) is 0 Å². The lowest BCUT2D eigenvalue weighted by Crippen LogP contribution is -2.51. The molecule has 0 amide bonds. The lowest BCUT2D eigenvalue weighted by atomic mass is 9.79. The molecule has 4 atom stereocenters. The molecule has 30 heavy (non-hydrogen) atoms. The Morgan fingerprint density at radius 1 is 1.33 bits per heavy atom. The van der Waals surface area contributed by atoms with Crippen molar-refractivity contribution >= 4 is 5.97 Å². The van der Waals surface area contributed by atoms with Crippen LogP contribution in [0.1, 0.15) is 69.9 Å². The number of fused-ring (bicyclic) bond motifs is 3. The zero-order valence-corrected chi connectivity index (χ0v) is 18.1. The van der Waals surface area contributed by atoms with Gasteiger partial charge in [-0.2, -0.15) is 0 Å². The Morgan fingerprint density at radius 2 is 2.03 bits per heavy atom. The van der Waals surface area contributed by atoms with Crippen LogP contribution in [0.3, 0.4) is 0 Å². The van der Waals surface area contributed by atoms with Gasteiger partial charge in [0.05, 0.1) is 17.0 Å². The topological polar surface area (TPSA) is 74.0 Å². The molecule has 0 saturated carbocycles. The predicted octanol–water partition coefficient (Wildman–Crippen LogP) is 3.56. The number of piperidine rings is 1. The number of hydrogen-bond acceptors (Lipinski definition) is 6. The second-order valence-electron chi connectivity index (χ2n) is 8.33. The highest BCUT2D eigenvalue weighted by atomic mass is 16.5. The van der Waals surface area contributed by atoms with Crippen molar-refractivity contribution in [2.75, 3.05) is 27.3 Å². The molecule has 1 saturated heterocycles. The Balaban J connectivity index is 2.04. The minimum atomic E-state index is -3.65. The van der Waals surface area contributed by atoms with Crippen LogP contribution in [0.2, 0.25) is 0 Å². The zero-order valence-electron chi connectivity index (χ0n) is 27.1. The van der Waals surface area contributed by atoms with Crippen LogP contribution in [0.4, 0.5) is 0 Å². The number of carbonyl (C=O) groups excluding carboxylic acids is 1. The molecule has 2 aliphatic rings. The number of nitrogens with zero attached hydrogens (tertiary/aromatic N) is 1. The van der Waals surface area contributed by atoms with Crippen LogP contribution >= 0.6 is 0 Å². The number of ether oxygens (including phenoxy) is 3. The quantitative estimate of drug-likeness (QED) is 0.671. The van der Waals surface area contributed by atoms with Gasteiger partial charge in [-0.15, -0.1) is 0 Å². The minimum absolute atomic E-state index is 0.0405. The van der Waals surface area contributed by atoms with E-state index in [9.17, 15) is 6.17 Å². The van der Waals surface area contributed by atoms with Gasteiger partial charge in [-0.05, 0) is 47.9 Å². The summed E-state index contributed by atoms with van der Waals surface area (Å²) >= 11 is 0. The van der Waals surface area contributed by atoms with Gasteiger partial charge >= 0.3 is 5.97 Å². The van der Waals surface area contributed by atoms with Crippen LogP contribution in [-0.2, 0) is 16.0 Å². The Kier molecular flexibility index (Phi) is 4.33. The fourth-order valence-corrected chi connectivity index (χ4v) is 4.43. The van der Waals surface area contributed by atoms with E-state index in [-0.39, 0.29) is 18.3 Å². The first-order valence-electron chi connectivity index (χ1n) is 14.7. The Morgan fingerprint density at radius 3 is 2.67 bits per heavy atom. The monoisotopic (exact) mass is 427 g/mol. The van der Waals surface area contributed by atoms with Crippen LogP contribution in [0.25, 0.3) is 0 Å². The van der Waals surface area contributed by atoms with Gasteiger partial charge in [0.2, 0.25) is 0 Å². The standard InChI is InChI=1S/C24H38N2O4/c1-14(2)9-17-13-26-8-7-16-10-21(28-5)22(29-6)11-18(16)19(26)12-20(17)30-24(27)23(25)15(3)4/h10-11,14-15,17,19-20,23H,7-9,12-13,25H2,1-6H3/t17?,19?,20?,23-/m0/s1/i3D3,4D3,15D,19D,23D. The molecule has 0 radical (unpaired) electrons. The predicted molar refractivity (Wildman–Crippen MR) is 118 cm³/mol. The summed E-state index contributed by atoms with van der Waals surface area (Å²) in [5, 5.41) is 0. The Labute approximate surface area is 193 Å². The summed E-state index contributed by atoms with van der Waals surface area (Å²) in [5.74, 6) is -4.45. The van der Waals surface area contributed by atoms with E-state index in [1.54, 1.807) is 6.07 Å². The fourth-order valence-electron chi connectivity index (χ4n) is 4.43. The molecule has 1 aromatic carbocycles. The lowest BCUT2D eigenvalue weighted by molar-refractivity contribution is -0.160. The van der Waals surface area contributed by atoms with Gasteiger partial charge in [-0.3, -0.25) is 9.69 Å². The van der Waals surface area contributed by atoms with Crippen LogP contribution in [0, 0.1) is 17.7 Å². The summed E-state index contributed by atoms with van der Waals surface area (Å²) < 4.78 is 88.7. The van der Waals surface area contributed by atoms with Gasteiger partial charge in [0.25, 0.3) is 0 Å². The fraction of sp³-hybridized carbons (Fsp3) is 0.708. The number of hydrogen-bond donors (Lipinski definition) is 1. The third-order valence-corrected chi connectivity index (χ3v) is 5.85. The first-order valence-corrected chi connectivity index (χ1v) is 10.2. The van der Waals surface area contributed by atoms with E-state index >= 15 is 0 Å². The molecule has 2 N–H and O–H groups in total. The van der Waals surface area contributed by atoms with Gasteiger partial charge in [0, 0.05) is 41.0 Å². The van der Waals surface area contributed by atoms with E-state index in [1.165, 1.54) is 14.2 Å². The lowest BCUT2D eigenvalue weighted by Gasteiger charge is -2.47. The highest BCUT2D eigenvalue weighted by molar-refractivity contribution is 5.76. The zero-order chi connectivity index (χ0) is 29.8. The number of benzene rings is 1. The van der Waals surface area contributed by atoms with E-state index in [4.69, 9.17) is 30.9 Å². The Bertz CT molecular complexity index is 1060. The van der Waals surface area contributed by atoms with Crippen molar-refractivity contribution in [3.8, 4) is 11.5 Å². The first kappa shape index (κ1) is 13.6. The molecule has 1 aromatic rings. The number of esters is 1. The van der Waals surface area contributed by atoms with Gasteiger partial charge in [-0.25, -0.2) is 0 Å². The average molecular weight is 428 g/mol. The summed E-state index contributed by atoms with van der Waals surface area (Å²) in [7, 11) is 3.01. The molecule has 2 heterocycles. The number of rotatable bonds is 7. The van der Waals surface area contributed by atoms with E-state index in [2.05, 4.69) is 0 Å². The van der Waals surface area contributed by atoms with Crippen molar-refractivity contribution in [3.63, 3.8) is 0 Å². The highest BCUT2D eigenvalue weighted by Crippen LogP contribution is 2.44. The molecule has 0 aromatic heterocycles. The molecular formula is C24H38N2O4. The smallest absolute Gasteiger partial charge is 0.323 e. The largest absolute Gasteiger partial charge is 0.493 e.